The summed E-state index contributed by atoms with van der Waals surface area (Å²) in [6.07, 6.45) is 41.8. The van der Waals surface area contributed by atoms with Crippen LogP contribution in [0.15, 0.2) is 24.3 Å². The largest absolute Gasteiger partial charge is 0.381 e. The Morgan fingerprint density at radius 1 is 0.452 bits per heavy atom. The van der Waals surface area contributed by atoms with Gasteiger partial charge in [-0.25, -0.2) is 0 Å². The molecule has 248 valence electrons. The first-order valence-corrected chi connectivity index (χ1v) is 18.9. The number of unbranched alkanes of at least 4 members (excludes halogenated alkanes) is 20. The van der Waals surface area contributed by atoms with Gasteiger partial charge in [-0.3, -0.25) is 0 Å². The molecule has 0 aromatic rings. The van der Waals surface area contributed by atoms with E-state index in [1.807, 2.05) is 0 Å². The van der Waals surface area contributed by atoms with Crippen molar-refractivity contribution in [3.8, 4) is 0 Å². The summed E-state index contributed by atoms with van der Waals surface area (Å²) < 4.78 is 12.3. The van der Waals surface area contributed by atoms with Crippen LogP contribution in [0.3, 0.4) is 0 Å². The van der Waals surface area contributed by atoms with Crippen molar-refractivity contribution in [2.75, 3.05) is 46.6 Å². The number of rotatable bonds is 32. The van der Waals surface area contributed by atoms with E-state index in [2.05, 4.69) is 50.1 Å². The second kappa shape index (κ2) is 31.8. The summed E-state index contributed by atoms with van der Waals surface area (Å²) in [5.41, 5.74) is 0. The van der Waals surface area contributed by atoms with Crippen LogP contribution in [-0.4, -0.2) is 51.5 Å². The molecule has 1 fully saturated rings. The molecule has 1 aliphatic rings. The molecule has 3 nitrogen and oxygen atoms in total. The van der Waals surface area contributed by atoms with E-state index in [0.29, 0.717) is 11.8 Å². The molecule has 0 radical (unpaired) electrons. The van der Waals surface area contributed by atoms with E-state index in [1.165, 1.54) is 154 Å². The number of allylic oxidation sites excluding steroid dienone is 4. The fraction of sp³-hybridized carbons (Fsp3) is 0.897. The maximum atomic E-state index is 6.14. The summed E-state index contributed by atoms with van der Waals surface area (Å²) in [6, 6.07) is 0. The second-order valence-corrected chi connectivity index (χ2v) is 13.4. The van der Waals surface area contributed by atoms with Crippen molar-refractivity contribution in [3.63, 3.8) is 0 Å². The highest BCUT2D eigenvalue weighted by molar-refractivity contribution is 4.83. The van der Waals surface area contributed by atoms with Crippen LogP contribution in [0.4, 0.5) is 0 Å². The van der Waals surface area contributed by atoms with Crippen molar-refractivity contribution in [3.05, 3.63) is 24.3 Å². The lowest BCUT2D eigenvalue weighted by atomic mass is 9.98. The monoisotopic (exact) mass is 590 g/mol. The molecule has 1 rings (SSSR count). The Morgan fingerprint density at radius 2 is 0.762 bits per heavy atom. The summed E-state index contributed by atoms with van der Waals surface area (Å²) in [5.74, 6) is 1.28. The van der Waals surface area contributed by atoms with Crippen LogP contribution in [-0.2, 0) is 9.47 Å². The van der Waals surface area contributed by atoms with Crippen LogP contribution in [0.5, 0.6) is 0 Å². The van der Waals surface area contributed by atoms with Gasteiger partial charge in [0.2, 0.25) is 0 Å². The predicted octanol–water partition coefficient (Wildman–Crippen LogP) is 11.7. The van der Waals surface area contributed by atoms with Crippen LogP contribution in [0, 0.1) is 11.8 Å². The molecular weight excluding hydrogens is 514 g/mol. The Labute approximate surface area is 264 Å². The Balaban J connectivity index is 1.88. The highest BCUT2D eigenvalue weighted by Gasteiger charge is 2.30. The first-order chi connectivity index (χ1) is 20.8. The standard InChI is InChI=1S/C39H75NO2/c1-4-6-8-10-12-14-16-18-20-22-24-26-28-30-32-41-36-38-34-40(3)35-39(38)37-42-33-31-29-27-25-23-21-19-17-15-13-11-9-7-5-2/h14-17,38-39H,4-13,18-37H2,1-3H3/b16-14-,17-15-. The van der Waals surface area contributed by atoms with Gasteiger partial charge in [0.15, 0.2) is 0 Å². The van der Waals surface area contributed by atoms with Gasteiger partial charge in [-0.05, 0) is 71.3 Å². The number of ether oxygens (including phenoxy) is 2. The molecule has 0 aromatic heterocycles. The van der Waals surface area contributed by atoms with Crippen molar-refractivity contribution in [2.45, 2.75) is 168 Å². The van der Waals surface area contributed by atoms with E-state index in [9.17, 15) is 0 Å². The molecule has 0 spiro atoms. The zero-order valence-corrected chi connectivity index (χ0v) is 28.9. The van der Waals surface area contributed by atoms with Gasteiger partial charge >= 0.3 is 0 Å². The lowest BCUT2D eigenvalue weighted by Gasteiger charge is -2.18. The molecular formula is C39H75NO2. The summed E-state index contributed by atoms with van der Waals surface area (Å²) in [6.45, 7) is 10.6. The minimum Gasteiger partial charge on any atom is -0.381 e. The van der Waals surface area contributed by atoms with Crippen molar-refractivity contribution >= 4 is 0 Å². The van der Waals surface area contributed by atoms with Gasteiger partial charge in [0, 0.05) is 38.1 Å². The molecule has 42 heavy (non-hydrogen) atoms. The van der Waals surface area contributed by atoms with Crippen LogP contribution in [0.25, 0.3) is 0 Å². The summed E-state index contributed by atoms with van der Waals surface area (Å²) in [4.78, 5) is 2.46. The van der Waals surface area contributed by atoms with Gasteiger partial charge < -0.3 is 14.4 Å². The Morgan fingerprint density at radius 3 is 1.12 bits per heavy atom. The van der Waals surface area contributed by atoms with E-state index in [-0.39, 0.29) is 0 Å². The number of likely N-dealkylation sites (tertiary alicyclic amines) is 1. The summed E-state index contributed by atoms with van der Waals surface area (Å²) >= 11 is 0. The molecule has 1 saturated heterocycles. The molecule has 1 aliphatic heterocycles. The number of nitrogens with zero attached hydrogens (tertiary/aromatic N) is 1. The van der Waals surface area contributed by atoms with E-state index in [4.69, 9.17) is 9.47 Å². The first kappa shape index (κ1) is 39.4. The number of hydrogen-bond donors (Lipinski definition) is 0. The quantitative estimate of drug-likeness (QED) is 0.0575. The SMILES string of the molecule is CCCCCC/C=C\CCCCCCCCOCC1CN(C)CC1COCCCCCCCC/C=C\CCCCCC. The van der Waals surface area contributed by atoms with Crippen molar-refractivity contribution in [1.29, 1.82) is 0 Å². The molecule has 3 heteroatoms. The molecule has 0 aromatic carbocycles. The smallest absolute Gasteiger partial charge is 0.0510 e. The summed E-state index contributed by atoms with van der Waals surface area (Å²) in [5, 5.41) is 0. The van der Waals surface area contributed by atoms with E-state index >= 15 is 0 Å². The Kier molecular flexibility index (Phi) is 29.8. The number of hydrogen-bond acceptors (Lipinski definition) is 3. The minimum absolute atomic E-state index is 0.639. The van der Waals surface area contributed by atoms with Gasteiger partial charge in [0.25, 0.3) is 0 Å². The average Bonchev–Trinajstić information content (AvgIpc) is 3.35. The molecule has 2 unspecified atom stereocenters. The van der Waals surface area contributed by atoms with E-state index < -0.39 is 0 Å². The van der Waals surface area contributed by atoms with E-state index in [0.717, 1.165) is 39.5 Å². The molecule has 0 aliphatic carbocycles. The van der Waals surface area contributed by atoms with Crippen LogP contribution in [0.2, 0.25) is 0 Å². The molecule has 0 N–H and O–H groups in total. The first-order valence-electron chi connectivity index (χ1n) is 18.9. The van der Waals surface area contributed by atoms with Crippen molar-refractivity contribution in [1.82, 2.24) is 4.90 Å². The maximum Gasteiger partial charge on any atom is 0.0510 e. The Hall–Kier alpha value is -0.640. The molecule has 1 heterocycles. The normalized spacial score (nSPS) is 17.9. The highest BCUT2D eigenvalue weighted by Crippen LogP contribution is 2.23. The van der Waals surface area contributed by atoms with Gasteiger partial charge in [0.1, 0.15) is 0 Å². The molecule has 2 atom stereocenters. The van der Waals surface area contributed by atoms with Gasteiger partial charge in [-0.2, -0.15) is 0 Å². The zero-order chi connectivity index (χ0) is 30.2. The van der Waals surface area contributed by atoms with E-state index in [1.54, 1.807) is 0 Å². The average molecular weight is 590 g/mol. The van der Waals surface area contributed by atoms with Crippen molar-refractivity contribution in [2.24, 2.45) is 11.8 Å². The predicted molar refractivity (Wildman–Crippen MR) is 187 cm³/mol. The fourth-order valence-corrected chi connectivity index (χ4v) is 6.22. The van der Waals surface area contributed by atoms with Gasteiger partial charge in [0.05, 0.1) is 13.2 Å². The lowest BCUT2D eigenvalue weighted by Crippen LogP contribution is -2.23. The fourth-order valence-electron chi connectivity index (χ4n) is 6.22. The highest BCUT2D eigenvalue weighted by atomic mass is 16.5. The van der Waals surface area contributed by atoms with Gasteiger partial charge in [-0.15, -0.1) is 0 Å². The summed E-state index contributed by atoms with van der Waals surface area (Å²) in [7, 11) is 2.25. The molecule has 0 saturated carbocycles. The Bertz CT molecular complexity index is 539. The third-order valence-electron chi connectivity index (χ3n) is 9.02. The van der Waals surface area contributed by atoms with Crippen molar-refractivity contribution < 1.29 is 9.47 Å². The minimum atomic E-state index is 0.639. The van der Waals surface area contributed by atoms with Crippen LogP contribution < -0.4 is 0 Å². The molecule has 0 bridgehead atoms. The third kappa shape index (κ3) is 25.8. The third-order valence-corrected chi connectivity index (χ3v) is 9.02. The molecule has 0 amide bonds. The zero-order valence-electron chi connectivity index (χ0n) is 28.9. The topological polar surface area (TPSA) is 21.7 Å². The van der Waals surface area contributed by atoms with Crippen LogP contribution in [0.1, 0.15) is 168 Å². The second-order valence-electron chi connectivity index (χ2n) is 13.4. The maximum absolute atomic E-state index is 6.14. The lowest BCUT2D eigenvalue weighted by molar-refractivity contribution is 0.0482. The van der Waals surface area contributed by atoms with Gasteiger partial charge in [-0.1, -0.05) is 128 Å². The van der Waals surface area contributed by atoms with Crippen LogP contribution >= 0.6 is 0 Å².